The molecule has 0 rings (SSSR count). The van der Waals surface area contributed by atoms with E-state index in [-0.39, 0.29) is 0 Å². The van der Waals surface area contributed by atoms with Crippen molar-refractivity contribution in [1.29, 1.82) is 0 Å². The molecule has 0 heterocycles. The summed E-state index contributed by atoms with van der Waals surface area (Å²) < 4.78 is 0. The zero-order valence-corrected chi connectivity index (χ0v) is 13.2. The van der Waals surface area contributed by atoms with E-state index in [9.17, 15) is 0 Å². The van der Waals surface area contributed by atoms with E-state index in [1.165, 1.54) is 71.0 Å². The highest BCUT2D eigenvalue weighted by Crippen LogP contribution is 2.08. The third-order valence-electron chi connectivity index (χ3n) is 3.22. The fourth-order valence-corrected chi connectivity index (χ4v) is 2.01. The molecule has 0 atom stereocenters. The summed E-state index contributed by atoms with van der Waals surface area (Å²) in [5.41, 5.74) is 0. The van der Waals surface area contributed by atoms with Gasteiger partial charge in [0, 0.05) is 0 Å². The predicted molar refractivity (Wildman–Crippen MR) is 81.7 cm³/mol. The van der Waals surface area contributed by atoms with Gasteiger partial charge in [0.1, 0.15) is 0 Å². The van der Waals surface area contributed by atoms with Crippen LogP contribution in [0.4, 0.5) is 0 Å². The molecule has 0 amide bonds. The molecule has 17 heavy (non-hydrogen) atoms. The minimum atomic E-state index is 1.22. The van der Waals surface area contributed by atoms with Crippen LogP contribution in [0.5, 0.6) is 0 Å². The monoisotopic (exact) mass is 243 g/mol. The van der Waals surface area contributed by atoms with Gasteiger partial charge in [-0.2, -0.15) is 0 Å². The molecule has 0 aromatic heterocycles. The Hall–Kier alpha value is -0.0400. The number of hydrogen-bond acceptors (Lipinski definition) is 1. The van der Waals surface area contributed by atoms with Crippen molar-refractivity contribution in [1.82, 2.24) is 4.90 Å². The van der Waals surface area contributed by atoms with Gasteiger partial charge in [-0.05, 0) is 26.1 Å². The Labute approximate surface area is 111 Å². The average Bonchev–Trinajstić information content (AvgIpc) is 2.39. The maximum Gasteiger partial charge on any atom is -0.00190 e. The first-order chi connectivity index (χ1) is 8.35. The zero-order valence-electron chi connectivity index (χ0n) is 13.2. The Morgan fingerprint density at radius 3 is 1.41 bits per heavy atom. The van der Waals surface area contributed by atoms with Gasteiger partial charge in [-0.25, -0.2) is 0 Å². The van der Waals surface area contributed by atoms with Crippen LogP contribution in [0.3, 0.4) is 0 Å². The van der Waals surface area contributed by atoms with Gasteiger partial charge in [0.25, 0.3) is 0 Å². The lowest BCUT2D eigenvalue weighted by Crippen LogP contribution is -2.23. The lowest BCUT2D eigenvalue weighted by Gasteiger charge is -2.17. The largest absolute Gasteiger partial charge is 0.304 e. The summed E-state index contributed by atoms with van der Waals surface area (Å²) in [6.07, 6.45) is 11.4. The summed E-state index contributed by atoms with van der Waals surface area (Å²) in [7, 11) is 0. The lowest BCUT2D eigenvalue weighted by molar-refractivity contribution is 0.295. The van der Waals surface area contributed by atoms with E-state index in [0.717, 1.165) is 0 Å². The second-order valence-electron chi connectivity index (χ2n) is 4.50. The van der Waals surface area contributed by atoms with Crippen molar-refractivity contribution in [2.75, 3.05) is 19.6 Å². The van der Waals surface area contributed by atoms with E-state index >= 15 is 0 Å². The van der Waals surface area contributed by atoms with Crippen LogP contribution in [0, 0.1) is 0 Å². The minimum absolute atomic E-state index is 1.22. The van der Waals surface area contributed by atoms with Crippen molar-refractivity contribution >= 4 is 0 Å². The van der Waals surface area contributed by atoms with E-state index in [1.54, 1.807) is 0 Å². The quantitative estimate of drug-likeness (QED) is 0.433. The van der Waals surface area contributed by atoms with Gasteiger partial charge in [-0.1, -0.05) is 79.6 Å². The maximum atomic E-state index is 2.52. The molecule has 1 heteroatoms. The van der Waals surface area contributed by atoms with Gasteiger partial charge in [-0.3, -0.25) is 0 Å². The second-order valence-corrected chi connectivity index (χ2v) is 4.50. The Morgan fingerprint density at radius 2 is 1.00 bits per heavy atom. The summed E-state index contributed by atoms with van der Waals surface area (Å²) >= 11 is 0. The van der Waals surface area contributed by atoms with Crippen molar-refractivity contribution in [2.45, 2.75) is 86.0 Å². The molecule has 1 nitrogen and oxygen atoms in total. The van der Waals surface area contributed by atoms with Crippen LogP contribution in [0.2, 0.25) is 0 Å². The van der Waals surface area contributed by atoms with E-state index in [0.29, 0.717) is 0 Å². The fraction of sp³-hybridized carbons (Fsp3) is 1.00. The zero-order chi connectivity index (χ0) is 13.4. The summed E-state index contributed by atoms with van der Waals surface area (Å²) in [6.45, 7) is 14.5. The van der Waals surface area contributed by atoms with Crippen molar-refractivity contribution in [3.63, 3.8) is 0 Å². The highest BCUT2D eigenvalue weighted by molar-refractivity contribution is 4.53. The van der Waals surface area contributed by atoms with Crippen LogP contribution in [-0.4, -0.2) is 24.5 Å². The first-order valence-electron chi connectivity index (χ1n) is 8.07. The van der Waals surface area contributed by atoms with Gasteiger partial charge in [0.15, 0.2) is 0 Å². The number of rotatable bonds is 11. The Bertz CT molecular complexity index is 108. The van der Waals surface area contributed by atoms with Crippen molar-refractivity contribution < 1.29 is 0 Å². The molecule has 0 spiro atoms. The van der Waals surface area contributed by atoms with Gasteiger partial charge in [0.2, 0.25) is 0 Å². The Morgan fingerprint density at radius 1 is 0.588 bits per heavy atom. The molecule has 0 bridgehead atoms. The van der Waals surface area contributed by atoms with Gasteiger partial charge in [0.05, 0.1) is 0 Å². The molecule has 0 fully saturated rings. The summed E-state index contributed by atoms with van der Waals surface area (Å²) in [4.78, 5) is 2.52. The smallest absolute Gasteiger partial charge is 0.00190 e. The molecule has 0 unspecified atom stereocenters. The molecule has 0 radical (unpaired) electrons. The predicted octanol–water partition coefficient (Wildman–Crippen LogP) is 5.50. The molecule has 0 aliphatic rings. The lowest BCUT2D eigenvalue weighted by atomic mass is 10.1. The molecule has 0 saturated carbocycles. The first kappa shape index (κ1) is 19.3. The van der Waals surface area contributed by atoms with E-state index in [2.05, 4.69) is 25.7 Å². The van der Waals surface area contributed by atoms with Crippen LogP contribution in [0.1, 0.15) is 86.0 Å². The molecule has 0 aliphatic heterocycles. The summed E-state index contributed by atoms with van der Waals surface area (Å²) in [5, 5.41) is 0. The van der Waals surface area contributed by atoms with Gasteiger partial charge >= 0.3 is 0 Å². The molecule has 0 aromatic rings. The maximum absolute atomic E-state index is 2.52. The third-order valence-corrected chi connectivity index (χ3v) is 3.22. The van der Waals surface area contributed by atoms with Crippen LogP contribution >= 0.6 is 0 Å². The van der Waals surface area contributed by atoms with E-state index in [4.69, 9.17) is 0 Å². The molecule has 0 N–H and O–H groups in total. The van der Waals surface area contributed by atoms with Crippen molar-refractivity contribution in [3.8, 4) is 0 Å². The van der Waals surface area contributed by atoms with Crippen LogP contribution in [0.25, 0.3) is 0 Å². The summed E-state index contributed by atoms with van der Waals surface area (Å²) in [5.74, 6) is 0. The van der Waals surface area contributed by atoms with Gasteiger partial charge in [-0.15, -0.1) is 0 Å². The highest BCUT2D eigenvalue weighted by Gasteiger charge is 1.97. The van der Waals surface area contributed by atoms with E-state index < -0.39 is 0 Å². The normalized spacial score (nSPS) is 10.2. The van der Waals surface area contributed by atoms with Gasteiger partial charge < -0.3 is 4.90 Å². The second kappa shape index (κ2) is 18.3. The minimum Gasteiger partial charge on any atom is -0.304 e. The first-order valence-corrected chi connectivity index (χ1v) is 8.07. The molecule has 0 saturated heterocycles. The molecule has 106 valence electrons. The Kier molecular flexibility index (Phi) is 20.8. The number of hydrogen-bond donors (Lipinski definition) is 0. The van der Waals surface area contributed by atoms with E-state index in [1.807, 2.05) is 13.8 Å². The Balaban J connectivity index is 0. The SMILES string of the molecule is CC.CCCCCCCCCCN(CC)CC. The number of nitrogens with zero attached hydrogens (tertiary/aromatic N) is 1. The highest BCUT2D eigenvalue weighted by atomic mass is 15.1. The average molecular weight is 243 g/mol. The topological polar surface area (TPSA) is 3.24 Å². The third kappa shape index (κ3) is 16.0. The molecule has 0 aromatic carbocycles. The summed E-state index contributed by atoms with van der Waals surface area (Å²) in [6, 6.07) is 0. The van der Waals surface area contributed by atoms with Crippen LogP contribution < -0.4 is 0 Å². The van der Waals surface area contributed by atoms with Crippen molar-refractivity contribution in [3.05, 3.63) is 0 Å². The van der Waals surface area contributed by atoms with Crippen molar-refractivity contribution in [2.24, 2.45) is 0 Å². The molecule has 0 aliphatic carbocycles. The standard InChI is InChI=1S/C14H31N.C2H6/c1-4-7-8-9-10-11-12-13-14-15(5-2)6-3;1-2/h4-14H2,1-3H3;1-2H3. The van der Waals surface area contributed by atoms with Crippen LogP contribution in [-0.2, 0) is 0 Å². The van der Waals surface area contributed by atoms with Crippen LogP contribution in [0.15, 0.2) is 0 Å². The fourth-order valence-electron chi connectivity index (χ4n) is 2.01. The number of unbranched alkanes of at least 4 members (excludes halogenated alkanes) is 7. The molecular formula is C16H37N. The molecular weight excluding hydrogens is 206 g/mol.